The van der Waals surface area contributed by atoms with Gasteiger partial charge in [0.15, 0.2) is 0 Å². The lowest BCUT2D eigenvalue weighted by Gasteiger charge is -2.06. The summed E-state index contributed by atoms with van der Waals surface area (Å²) in [6.45, 7) is 4.17. The van der Waals surface area contributed by atoms with E-state index in [0.717, 1.165) is 25.9 Å². The number of hydrogen-bond donors (Lipinski definition) is 2. The van der Waals surface area contributed by atoms with Gasteiger partial charge in [-0.2, -0.15) is 0 Å². The van der Waals surface area contributed by atoms with Crippen molar-refractivity contribution in [1.82, 2.24) is 20.3 Å². The Balaban J connectivity index is 1.85. The predicted octanol–water partition coefficient (Wildman–Crippen LogP) is 0.812. The number of aliphatic hydroxyl groups is 1. The zero-order chi connectivity index (χ0) is 13.1. The predicted molar refractivity (Wildman–Crippen MR) is 70.8 cm³/mol. The maximum Gasteiger partial charge on any atom is 0.127 e. The van der Waals surface area contributed by atoms with Crippen LogP contribution >= 0.6 is 0 Å². The van der Waals surface area contributed by atoms with E-state index in [-0.39, 0.29) is 0 Å². The van der Waals surface area contributed by atoms with Gasteiger partial charge < -0.3 is 10.4 Å². The van der Waals surface area contributed by atoms with Crippen LogP contribution in [0.25, 0.3) is 0 Å². The highest BCUT2D eigenvalue weighted by molar-refractivity contribution is 5.02. The van der Waals surface area contributed by atoms with Crippen molar-refractivity contribution in [3.05, 3.63) is 12.4 Å². The molecule has 100 valence electrons. The molecule has 0 amide bonds. The van der Waals surface area contributed by atoms with Gasteiger partial charge in [0.05, 0.1) is 6.20 Å². The van der Waals surface area contributed by atoms with Gasteiger partial charge in [-0.1, -0.05) is 24.0 Å². The number of aromatic nitrogens is 3. The van der Waals surface area contributed by atoms with Gasteiger partial charge in [0.25, 0.3) is 0 Å². The molecule has 0 aliphatic heterocycles. The van der Waals surface area contributed by atoms with Crippen LogP contribution < -0.4 is 5.32 Å². The summed E-state index contributed by atoms with van der Waals surface area (Å²) in [7, 11) is 0. The minimum Gasteiger partial charge on any atom is -0.379 e. The van der Waals surface area contributed by atoms with Crippen molar-refractivity contribution in [2.24, 2.45) is 0 Å². The van der Waals surface area contributed by atoms with E-state index in [2.05, 4.69) is 27.5 Å². The lowest BCUT2D eigenvalue weighted by Crippen LogP contribution is -2.26. The zero-order valence-corrected chi connectivity index (χ0v) is 11.0. The van der Waals surface area contributed by atoms with E-state index < -0.39 is 6.10 Å². The van der Waals surface area contributed by atoms with Crippen molar-refractivity contribution >= 4 is 0 Å². The average molecular weight is 250 g/mol. The normalized spacial score (nSPS) is 11.9. The Kier molecular flexibility index (Phi) is 7.85. The molecule has 0 saturated heterocycles. The van der Waals surface area contributed by atoms with Crippen LogP contribution in [0.15, 0.2) is 12.4 Å². The van der Waals surface area contributed by atoms with Crippen LogP contribution in [0.4, 0.5) is 0 Å². The highest BCUT2D eigenvalue weighted by Gasteiger charge is 1.97. The van der Waals surface area contributed by atoms with Crippen LogP contribution in [0, 0.1) is 11.8 Å². The summed E-state index contributed by atoms with van der Waals surface area (Å²) in [6.07, 6.45) is 7.70. The van der Waals surface area contributed by atoms with Gasteiger partial charge in [-0.3, -0.25) is 4.68 Å². The van der Waals surface area contributed by atoms with Crippen molar-refractivity contribution in [3.8, 4) is 11.8 Å². The molecule has 5 nitrogen and oxygen atoms in total. The topological polar surface area (TPSA) is 63.0 Å². The molecule has 0 aromatic carbocycles. The highest BCUT2D eigenvalue weighted by atomic mass is 16.3. The summed E-state index contributed by atoms with van der Waals surface area (Å²) in [6, 6.07) is 0. The minimum atomic E-state index is -0.540. The first-order chi connectivity index (χ1) is 8.83. The third kappa shape index (κ3) is 7.05. The van der Waals surface area contributed by atoms with Gasteiger partial charge in [-0.25, -0.2) is 0 Å². The largest absolute Gasteiger partial charge is 0.379 e. The van der Waals surface area contributed by atoms with E-state index in [0.29, 0.717) is 6.54 Å². The molecule has 1 rings (SSSR count). The smallest absolute Gasteiger partial charge is 0.127 e. The summed E-state index contributed by atoms with van der Waals surface area (Å²) in [5.74, 6) is 5.40. The fourth-order valence-corrected chi connectivity index (χ4v) is 1.69. The molecular formula is C13H22N4O. The number of aryl methyl sites for hydroxylation is 1. The molecule has 0 aliphatic rings. The molecule has 0 aliphatic carbocycles. The third-order valence-corrected chi connectivity index (χ3v) is 2.61. The maximum absolute atomic E-state index is 9.34. The molecule has 0 spiro atoms. The zero-order valence-electron chi connectivity index (χ0n) is 11.0. The van der Waals surface area contributed by atoms with Crippen molar-refractivity contribution in [2.45, 2.75) is 45.3 Å². The first-order valence-corrected chi connectivity index (χ1v) is 6.48. The Labute approximate surface area is 109 Å². The second kappa shape index (κ2) is 9.63. The molecule has 1 unspecified atom stereocenters. The van der Waals surface area contributed by atoms with Gasteiger partial charge in [-0.05, 0) is 26.3 Å². The Hall–Kier alpha value is -1.38. The van der Waals surface area contributed by atoms with Crippen LogP contribution in [0.2, 0.25) is 0 Å². The lowest BCUT2D eigenvalue weighted by atomic mass is 10.2. The lowest BCUT2D eigenvalue weighted by molar-refractivity contribution is 0.228. The number of nitrogens with one attached hydrogen (secondary N) is 1. The van der Waals surface area contributed by atoms with E-state index in [4.69, 9.17) is 0 Å². The maximum atomic E-state index is 9.34. The van der Waals surface area contributed by atoms with Crippen LogP contribution in [-0.4, -0.2) is 39.3 Å². The number of nitrogens with zero attached hydrogens (tertiary/aromatic N) is 3. The first-order valence-electron chi connectivity index (χ1n) is 6.48. The molecular weight excluding hydrogens is 228 g/mol. The fraction of sp³-hybridized carbons (Fsp3) is 0.692. The molecule has 18 heavy (non-hydrogen) atoms. The molecule has 1 aromatic heterocycles. The van der Waals surface area contributed by atoms with Gasteiger partial charge in [0, 0.05) is 19.3 Å². The molecule has 0 fully saturated rings. The number of rotatable bonds is 9. The van der Waals surface area contributed by atoms with Gasteiger partial charge >= 0.3 is 0 Å². The van der Waals surface area contributed by atoms with Crippen LogP contribution in [0.5, 0.6) is 0 Å². The Morgan fingerprint density at radius 3 is 2.89 bits per heavy atom. The molecule has 1 heterocycles. The second-order valence-electron chi connectivity index (χ2n) is 4.19. The fourth-order valence-electron chi connectivity index (χ4n) is 1.69. The van der Waals surface area contributed by atoms with Crippen molar-refractivity contribution < 1.29 is 5.11 Å². The number of hydrogen-bond acceptors (Lipinski definition) is 4. The second-order valence-corrected chi connectivity index (χ2v) is 4.19. The summed E-state index contributed by atoms with van der Waals surface area (Å²) in [5.41, 5.74) is 0. The van der Waals surface area contributed by atoms with Crippen LogP contribution in [-0.2, 0) is 6.54 Å². The average Bonchev–Trinajstić information content (AvgIpc) is 2.86. The van der Waals surface area contributed by atoms with Gasteiger partial charge in [0.2, 0.25) is 0 Å². The Morgan fingerprint density at radius 1 is 1.33 bits per heavy atom. The summed E-state index contributed by atoms with van der Waals surface area (Å²) in [5, 5.41) is 20.2. The highest BCUT2D eigenvalue weighted by Crippen LogP contribution is 2.00. The van der Waals surface area contributed by atoms with Gasteiger partial charge in [-0.15, -0.1) is 11.0 Å². The molecule has 1 atom stereocenters. The van der Waals surface area contributed by atoms with Gasteiger partial charge in [0.1, 0.15) is 6.10 Å². The Morgan fingerprint density at radius 2 is 2.17 bits per heavy atom. The molecule has 0 radical (unpaired) electrons. The standard InChI is InChI=1S/C13H22N4O/c1-2-7-13(18)12-14-8-5-3-4-6-10-17-11-9-15-16-17/h9,11,13-14,18H,3-6,8,10,12H2,1H3. The molecule has 1 aromatic rings. The van der Waals surface area contributed by atoms with Crippen LogP contribution in [0.1, 0.15) is 32.6 Å². The van der Waals surface area contributed by atoms with E-state index in [9.17, 15) is 5.11 Å². The summed E-state index contributed by atoms with van der Waals surface area (Å²) >= 11 is 0. The molecule has 0 saturated carbocycles. The monoisotopic (exact) mass is 250 g/mol. The number of aliphatic hydroxyl groups excluding tert-OH is 1. The summed E-state index contributed by atoms with van der Waals surface area (Å²) < 4.78 is 1.86. The van der Waals surface area contributed by atoms with E-state index in [1.807, 2.05) is 10.9 Å². The van der Waals surface area contributed by atoms with Crippen LogP contribution in [0.3, 0.4) is 0 Å². The molecule has 2 N–H and O–H groups in total. The minimum absolute atomic E-state index is 0.540. The first kappa shape index (κ1) is 14.7. The Bertz CT molecular complexity index is 353. The van der Waals surface area contributed by atoms with E-state index in [1.54, 1.807) is 13.1 Å². The molecule has 5 heteroatoms. The SMILES string of the molecule is CC#CC(O)CNCCCCCCn1ccnn1. The summed E-state index contributed by atoms with van der Waals surface area (Å²) in [4.78, 5) is 0. The third-order valence-electron chi connectivity index (χ3n) is 2.61. The van der Waals surface area contributed by atoms with Crippen molar-refractivity contribution in [2.75, 3.05) is 13.1 Å². The van der Waals surface area contributed by atoms with E-state index >= 15 is 0 Å². The number of unbranched alkanes of at least 4 members (excludes halogenated alkanes) is 3. The van der Waals surface area contributed by atoms with Crippen molar-refractivity contribution in [3.63, 3.8) is 0 Å². The van der Waals surface area contributed by atoms with Crippen molar-refractivity contribution in [1.29, 1.82) is 0 Å². The molecule has 0 bridgehead atoms. The quantitative estimate of drug-likeness (QED) is 0.503. The van der Waals surface area contributed by atoms with E-state index in [1.165, 1.54) is 12.8 Å².